The van der Waals surface area contributed by atoms with Crippen LogP contribution >= 0.6 is 0 Å². The van der Waals surface area contributed by atoms with Crippen LogP contribution in [0.5, 0.6) is 0 Å². The Labute approximate surface area is 146 Å². The molecular weight excluding hydrogens is 298 g/mol. The third-order valence-corrected chi connectivity index (χ3v) is 9.00. The van der Waals surface area contributed by atoms with Gasteiger partial charge in [-0.05, 0) is 85.9 Å². The first kappa shape index (κ1) is 16.9. The van der Waals surface area contributed by atoms with Crippen molar-refractivity contribution in [3.8, 4) is 6.07 Å². The maximum atomic E-state index is 10.2. The van der Waals surface area contributed by atoms with Gasteiger partial charge in [-0.25, -0.2) is 0 Å². The fourth-order valence-corrected chi connectivity index (χ4v) is 7.76. The van der Waals surface area contributed by atoms with E-state index in [-0.39, 0.29) is 23.5 Å². The molecule has 3 nitrogen and oxygen atoms in total. The van der Waals surface area contributed by atoms with E-state index >= 15 is 0 Å². The van der Waals surface area contributed by atoms with Crippen molar-refractivity contribution >= 4 is 0 Å². The van der Waals surface area contributed by atoms with Gasteiger partial charge in [0.25, 0.3) is 0 Å². The average molecular weight is 332 g/mol. The van der Waals surface area contributed by atoms with Gasteiger partial charge in [0.1, 0.15) is 0 Å². The number of aliphatic hydroxyl groups excluding tert-OH is 1. The largest absolute Gasteiger partial charge is 0.393 e. The predicted octanol–water partition coefficient (Wildman–Crippen LogP) is 4.15. The second kappa shape index (κ2) is 5.71. The Kier molecular flexibility index (Phi) is 4.01. The SMILES string of the molecule is COC1C[C@]2(C)[C@@H](C#N)CC[C@H]2[C@@H]2CC[C@H]3C[C@H](O)CC[C@]3(C)C12. The lowest BCUT2D eigenvalue weighted by atomic mass is 9.44. The van der Waals surface area contributed by atoms with E-state index in [4.69, 9.17) is 4.74 Å². The van der Waals surface area contributed by atoms with Crippen molar-refractivity contribution in [1.29, 1.82) is 5.26 Å². The maximum absolute atomic E-state index is 10.2. The van der Waals surface area contributed by atoms with Crippen LogP contribution in [-0.2, 0) is 4.74 Å². The van der Waals surface area contributed by atoms with Crippen LogP contribution in [0.2, 0.25) is 0 Å². The van der Waals surface area contributed by atoms with Gasteiger partial charge in [-0.1, -0.05) is 13.8 Å². The van der Waals surface area contributed by atoms with E-state index < -0.39 is 0 Å². The first-order valence-electron chi connectivity index (χ1n) is 10.0. The van der Waals surface area contributed by atoms with E-state index in [0.717, 1.165) is 32.1 Å². The molecule has 0 saturated heterocycles. The van der Waals surface area contributed by atoms with Gasteiger partial charge in [0.15, 0.2) is 0 Å². The van der Waals surface area contributed by atoms with Crippen LogP contribution in [0, 0.1) is 51.8 Å². The minimum Gasteiger partial charge on any atom is -0.393 e. The molecule has 0 radical (unpaired) electrons. The smallest absolute Gasteiger partial charge is 0.0661 e. The summed E-state index contributed by atoms with van der Waals surface area (Å²) in [5, 5.41) is 19.8. The van der Waals surface area contributed by atoms with Gasteiger partial charge in [0.05, 0.1) is 24.2 Å². The van der Waals surface area contributed by atoms with Gasteiger partial charge in [0, 0.05) is 7.11 Å². The van der Waals surface area contributed by atoms with Crippen molar-refractivity contribution in [2.24, 2.45) is 40.4 Å². The third-order valence-electron chi connectivity index (χ3n) is 9.00. The summed E-state index contributed by atoms with van der Waals surface area (Å²) in [5.74, 6) is 2.88. The molecule has 24 heavy (non-hydrogen) atoms. The molecule has 9 atom stereocenters. The van der Waals surface area contributed by atoms with Gasteiger partial charge in [-0.3, -0.25) is 0 Å². The van der Waals surface area contributed by atoms with E-state index in [1.165, 1.54) is 19.3 Å². The molecule has 0 aromatic heterocycles. The van der Waals surface area contributed by atoms with Crippen molar-refractivity contribution in [1.82, 2.24) is 0 Å². The molecule has 4 fully saturated rings. The number of nitrogens with zero attached hydrogens (tertiary/aromatic N) is 1. The monoisotopic (exact) mass is 331 g/mol. The third kappa shape index (κ3) is 2.15. The van der Waals surface area contributed by atoms with E-state index in [1.807, 2.05) is 7.11 Å². The number of aliphatic hydroxyl groups is 1. The van der Waals surface area contributed by atoms with Crippen LogP contribution in [0.15, 0.2) is 0 Å². The fraction of sp³-hybridized carbons (Fsp3) is 0.952. The molecule has 0 aromatic rings. The number of hydrogen-bond donors (Lipinski definition) is 1. The molecule has 1 N–H and O–H groups in total. The number of ether oxygens (including phenoxy) is 1. The summed E-state index contributed by atoms with van der Waals surface area (Å²) in [6, 6.07) is 2.63. The number of nitriles is 1. The van der Waals surface area contributed by atoms with Crippen LogP contribution in [0.1, 0.15) is 65.2 Å². The van der Waals surface area contributed by atoms with E-state index in [1.54, 1.807) is 0 Å². The van der Waals surface area contributed by atoms with Gasteiger partial charge in [-0.15, -0.1) is 0 Å². The zero-order valence-corrected chi connectivity index (χ0v) is 15.5. The summed E-state index contributed by atoms with van der Waals surface area (Å²) < 4.78 is 6.10. The quantitative estimate of drug-likeness (QED) is 0.785. The zero-order chi connectivity index (χ0) is 17.1. The van der Waals surface area contributed by atoms with E-state index in [0.29, 0.717) is 29.1 Å². The van der Waals surface area contributed by atoms with Gasteiger partial charge in [-0.2, -0.15) is 5.26 Å². The summed E-state index contributed by atoms with van der Waals surface area (Å²) in [6.45, 7) is 4.87. The summed E-state index contributed by atoms with van der Waals surface area (Å²) in [4.78, 5) is 0. The van der Waals surface area contributed by atoms with Crippen LogP contribution in [-0.4, -0.2) is 24.4 Å². The van der Waals surface area contributed by atoms with Gasteiger partial charge in [0.2, 0.25) is 0 Å². The molecule has 0 heterocycles. The highest BCUT2D eigenvalue weighted by Crippen LogP contribution is 2.67. The molecule has 0 bridgehead atoms. The molecule has 0 amide bonds. The fourth-order valence-electron chi connectivity index (χ4n) is 7.76. The molecule has 0 aromatic carbocycles. The number of methoxy groups -OCH3 is 1. The molecule has 0 aliphatic heterocycles. The number of rotatable bonds is 1. The summed E-state index contributed by atoms with van der Waals surface area (Å²) in [6.07, 6.45) is 9.17. The van der Waals surface area contributed by atoms with Crippen LogP contribution in [0.4, 0.5) is 0 Å². The Balaban J connectivity index is 1.70. The molecule has 4 saturated carbocycles. The Morgan fingerprint density at radius 3 is 2.58 bits per heavy atom. The second-order valence-electron chi connectivity index (χ2n) is 9.75. The Morgan fingerprint density at radius 2 is 1.88 bits per heavy atom. The summed E-state index contributed by atoms with van der Waals surface area (Å²) in [7, 11) is 1.88. The number of hydrogen-bond acceptors (Lipinski definition) is 3. The Morgan fingerprint density at radius 1 is 1.08 bits per heavy atom. The van der Waals surface area contributed by atoms with Crippen LogP contribution in [0.3, 0.4) is 0 Å². The average Bonchev–Trinajstić information content (AvgIpc) is 2.90. The molecule has 3 heteroatoms. The minimum absolute atomic E-state index is 0.0936. The van der Waals surface area contributed by atoms with Crippen LogP contribution < -0.4 is 0 Å². The van der Waals surface area contributed by atoms with E-state index in [2.05, 4.69) is 19.9 Å². The molecule has 4 aliphatic rings. The summed E-state index contributed by atoms with van der Waals surface area (Å²) >= 11 is 0. The van der Waals surface area contributed by atoms with Crippen LogP contribution in [0.25, 0.3) is 0 Å². The Hall–Kier alpha value is -0.590. The first-order valence-corrected chi connectivity index (χ1v) is 10.0. The van der Waals surface area contributed by atoms with Gasteiger partial charge < -0.3 is 9.84 Å². The first-order chi connectivity index (χ1) is 11.4. The molecule has 4 rings (SSSR count). The molecule has 2 unspecified atom stereocenters. The van der Waals surface area contributed by atoms with Crippen molar-refractivity contribution < 1.29 is 9.84 Å². The normalized spacial score (nSPS) is 56.7. The lowest BCUT2D eigenvalue weighted by Gasteiger charge is -2.62. The molecular formula is C21H33NO2. The Bertz CT molecular complexity index is 542. The number of fused-ring (bicyclic) bond motifs is 5. The van der Waals surface area contributed by atoms with Crippen molar-refractivity contribution in [3.63, 3.8) is 0 Å². The van der Waals surface area contributed by atoms with Crippen molar-refractivity contribution in [3.05, 3.63) is 0 Å². The molecule has 0 spiro atoms. The highest BCUT2D eigenvalue weighted by atomic mass is 16.5. The minimum atomic E-state index is -0.0936. The maximum Gasteiger partial charge on any atom is 0.0661 e. The lowest BCUT2D eigenvalue weighted by Crippen LogP contribution is -2.59. The van der Waals surface area contributed by atoms with Crippen molar-refractivity contribution in [2.45, 2.75) is 77.4 Å². The van der Waals surface area contributed by atoms with Crippen molar-refractivity contribution in [2.75, 3.05) is 7.11 Å². The summed E-state index contributed by atoms with van der Waals surface area (Å²) in [5.41, 5.74) is 0.461. The standard InChI is InChI=1S/C21H33NO2/c1-20-9-8-15(23)10-13(20)4-6-16-17-7-5-14(12-22)21(17,2)11-18(24-3)19(16)20/h13-19,23H,4-11H2,1-3H3/t13-,14+,15+,16-,17-,18?,19?,20-,21+/m0/s1. The predicted molar refractivity (Wildman–Crippen MR) is 93.0 cm³/mol. The highest BCUT2D eigenvalue weighted by Gasteiger charge is 2.63. The van der Waals surface area contributed by atoms with Gasteiger partial charge >= 0.3 is 0 Å². The zero-order valence-electron chi connectivity index (χ0n) is 15.5. The molecule has 4 aliphatic carbocycles. The highest BCUT2D eigenvalue weighted by molar-refractivity contribution is 5.15. The van der Waals surface area contributed by atoms with E-state index in [9.17, 15) is 10.4 Å². The second-order valence-corrected chi connectivity index (χ2v) is 9.75. The molecule has 134 valence electrons. The lowest BCUT2D eigenvalue weighted by molar-refractivity contribution is -0.183. The topological polar surface area (TPSA) is 53.2 Å².